The van der Waals surface area contributed by atoms with E-state index in [-0.39, 0.29) is 6.61 Å². The second-order valence-electron chi connectivity index (χ2n) is 4.37. The number of aliphatic hydroxyl groups is 1. The molecular formula is C13H17BrN4O. The quantitative estimate of drug-likeness (QED) is 0.856. The summed E-state index contributed by atoms with van der Waals surface area (Å²) >= 11 is 3.48. The number of rotatable bonds is 6. The number of aromatic nitrogens is 3. The minimum atomic E-state index is 0.172. The Hall–Kier alpha value is -1.40. The number of hydrogen-bond acceptors (Lipinski definition) is 4. The molecule has 19 heavy (non-hydrogen) atoms. The van der Waals surface area contributed by atoms with Crippen molar-refractivity contribution in [2.24, 2.45) is 0 Å². The van der Waals surface area contributed by atoms with Crippen molar-refractivity contribution in [1.82, 2.24) is 15.0 Å². The molecule has 1 aromatic heterocycles. The van der Waals surface area contributed by atoms with E-state index in [1.165, 1.54) is 5.56 Å². The van der Waals surface area contributed by atoms with E-state index in [0.717, 1.165) is 15.9 Å². The van der Waals surface area contributed by atoms with Crippen LogP contribution < -0.4 is 5.32 Å². The second kappa shape index (κ2) is 6.68. The summed E-state index contributed by atoms with van der Waals surface area (Å²) in [5.74, 6) is 0. The highest BCUT2D eigenvalue weighted by atomic mass is 79.9. The maximum Gasteiger partial charge on any atom is 0.102 e. The molecule has 6 heteroatoms. The molecule has 0 atom stereocenters. The summed E-state index contributed by atoms with van der Waals surface area (Å²) in [5.41, 5.74) is 3.14. The van der Waals surface area contributed by atoms with E-state index in [9.17, 15) is 0 Å². The van der Waals surface area contributed by atoms with Crippen LogP contribution in [-0.4, -0.2) is 26.7 Å². The number of hydrogen-bond donors (Lipinski definition) is 2. The van der Waals surface area contributed by atoms with E-state index >= 15 is 0 Å². The third-order valence-corrected chi connectivity index (χ3v) is 3.65. The zero-order valence-electron chi connectivity index (χ0n) is 10.8. The third kappa shape index (κ3) is 4.04. The first kappa shape index (κ1) is 14.0. The number of anilines is 1. The predicted molar refractivity (Wildman–Crippen MR) is 77.9 cm³/mol. The fraction of sp³-hybridized carbons (Fsp3) is 0.385. The van der Waals surface area contributed by atoms with Crippen molar-refractivity contribution < 1.29 is 5.11 Å². The standard InChI is InChI=1S/C13H17BrN4O/c1-10-7-11(3-4-13(10)14)15-8-12-9-18(17-16-12)5-2-6-19/h3-4,7,9,15,19H,2,5-6,8H2,1H3. The van der Waals surface area contributed by atoms with Gasteiger partial charge in [-0.2, -0.15) is 0 Å². The lowest BCUT2D eigenvalue weighted by atomic mass is 10.2. The summed E-state index contributed by atoms with van der Waals surface area (Å²) in [7, 11) is 0. The van der Waals surface area contributed by atoms with Crippen LogP contribution in [-0.2, 0) is 13.1 Å². The van der Waals surface area contributed by atoms with Gasteiger partial charge in [-0.25, -0.2) is 0 Å². The lowest BCUT2D eigenvalue weighted by Gasteiger charge is -2.06. The smallest absolute Gasteiger partial charge is 0.102 e. The highest BCUT2D eigenvalue weighted by molar-refractivity contribution is 9.10. The van der Waals surface area contributed by atoms with Gasteiger partial charge in [-0.15, -0.1) is 5.10 Å². The normalized spacial score (nSPS) is 10.7. The summed E-state index contributed by atoms with van der Waals surface area (Å²) in [5, 5.41) is 20.2. The predicted octanol–water partition coefficient (Wildman–Crippen LogP) is 2.34. The molecule has 0 fully saturated rings. The van der Waals surface area contributed by atoms with E-state index in [1.54, 1.807) is 4.68 Å². The summed E-state index contributed by atoms with van der Waals surface area (Å²) in [6.07, 6.45) is 2.59. The van der Waals surface area contributed by atoms with Crippen molar-refractivity contribution in [3.8, 4) is 0 Å². The van der Waals surface area contributed by atoms with Gasteiger partial charge < -0.3 is 10.4 Å². The first-order valence-corrected chi connectivity index (χ1v) is 6.98. The zero-order chi connectivity index (χ0) is 13.7. The average Bonchev–Trinajstić information content (AvgIpc) is 2.86. The molecule has 5 nitrogen and oxygen atoms in total. The molecule has 0 saturated carbocycles. The van der Waals surface area contributed by atoms with Gasteiger partial charge in [-0.3, -0.25) is 4.68 Å². The number of aryl methyl sites for hydroxylation is 2. The number of benzene rings is 1. The molecule has 0 saturated heterocycles. The molecule has 2 N–H and O–H groups in total. The Morgan fingerprint density at radius 2 is 2.26 bits per heavy atom. The Morgan fingerprint density at radius 1 is 1.42 bits per heavy atom. The van der Waals surface area contributed by atoms with Gasteiger partial charge in [-0.05, 0) is 37.1 Å². The first-order chi connectivity index (χ1) is 9.19. The van der Waals surface area contributed by atoms with Gasteiger partial charge >= 0.3 is 0 Å². The maximum atomic E-state index is 8.76. The molecule has 0 amide bonds. The van der Waals surface area contributed by atoms with E-state index < -0.39 is 0 Å². The Labute approximate surface area is 120 Å². The molecule has 0 aliphatic carbocycles. The van der Waals surface area contributed by atoms with E-state index in [0.29, 0.717) is 19.5 Å². The largest absolute Gasteiger partial charge is 0.396 e. The minimum Gasteiger partial charge on any atom is -0.396 e. The van der Waals surface area contributed by atoms with Crippen LogP contribution in [0, 0.1) is 6.92 Å². The van der Waals surface area contributed by atoms with Crippen LogP contribution in [0.3, 0.4) is 0 Å². The van der Waals surface area contributed by atoms with Crippen molar-refractivity contribution in [3.63, 3.8) is 0 Å². The van der Waals surface area contributed by atoms with Crippen LogP contribution in [0.15, 0.2) is 28.9 Å². The van der Waals surface area contributed by atoms with Gasteiger partial charge in [0.05, 0.1) is 12.7 Å². The Balaban J connectivity index is 1.91. The molecule has 2 rings (SSSR count). The molecule has 1 aromatic carbocycles. The average molecular weight is 325 g/mol. The van der Waals surface area contributed by atoms with Crippen molar-refractivity contribution in [1.29, 1.82) is 0 Å². The number of halogens is 1. The molecule has 0 radical (unpaired) electrons. The van der Waals surface area contributed by atoms with Gasteiger partial charge in [0, 0.05) is 23.3 Å². The third-order valence-electron chi connectivity index (χ3n) is 2.76. The Kier molecular flexibility index (Phi) is 4.93. The number of aliphatic hydroxyl groups excluding tert-OH is 1. The van der Waals surface area contributed by atoms with E-state index in [2.05, 4.69) is 44.5 Å². The van der Waals surface area contributed by atoms with Crippen molar-refractivity contribution in [3.05, 3.63) is 40.1 Å². The van der Waals surface area contributed by atoms with E-state index in [4.69, 9.17) is 5.11 Å². The summed E-state index contributed by atoms with van der Waals surface area (Å²) in [6.45, 7) is 3.56. The number of nitrogens with one attached hydrogen (secondary N) is 1. The van der Waals surface area contributed by atoms with Crippen LogP contribution in [0.5, 0.6) is 0 Å². The van der Waals surface area contributed by atoms with Crippen LogP contribution in [0.25, 0.3) is 0 Å². The van der Waals surface area contributed by atoms with Crippen LogP contribution in [0.2, 0.25) is 0 Å². The van der Waals surface area contributed by atoms with Crippen LogP contribution >= 0.6 is 15.9 Å². The van der Waals surface area contributed by atoms with Gasteiger partial charge in [0.2, 0.25) is 0 Å². The SMILES string of the molecule is Cc1cc(NCc2cn(CCCO)nn2)ccc1Br. The molecule has 0 aliphatic heterocycles. The molecular weight excluding hydrogens is 308 g/mol. The van der Waals surface area contributed by atoms with Crippen molar-refractivity contribution in [2.45, 2.75) is 26.4 Å². The van der Waals surface area contributed by atoms with Crippen molar-refractivity contribution >= 4 is 21.6 Å². The molecule has 0 bridgehead atoms. The lowest BCUT2D eigenvalue weighted by molar-refractivity contribution is 0.276. The highest BCUT2D eigenvalue weighted by Gasteiger charge is 2.01. The highest BCUT2D eigenvalue weighted by Crippen LogP contribution is 2.20. The van der Waals surface area contributed by atoms with Gasteiger partial charge in [0.25, 0.3) is 0 Å². The first-order valence-electron chi connectivity index (χ1n) is 6.19. The number of nitrogens with zero attached hydrogens (tertiary/aromatic N) is 3. The summed E-state index contributed by atoms with van der Waals surface area (Å²) in [6, 6.07) is 6.13. The molecule has 1 heterocycles. The van der Waals surface area contributed by atoms with Gasteiger partial charge in [-0.1, -0.05) is 21.1 Å². The topological polar surface area (TPSA) is 63.0 Å². The van der Waals surface area contributed by atoms with E-state index in [1.807, 2.05) is 18.3 Å². The zero-order valence-corrected chi connectivity index (χ0v) is 12.4. The molecule has 102 valence electrons. The summed E-state index contributed by atoms with van der Waals surface area (Å²) < 4.78 is 2.85. The van der Waals surface area contributed by atoms with Crippen LogP contribution in [0.1, 0.15) is 17.7 Å². The van der Waals surface area contributed by atoms with Gasteiger partial charge in [0.1, 0.15) is 5.69 Å². The van der Waals surface area contributed by atoms with Gasteiger partial charge in [0.15, 0.2) is 0 Å². The summed E-state index contributed by atoms with van der Waals surface area (Å²) in [4.78, 5) is 0. The minimum absolute atomic E-state index is 0.172. The molecule has 0 aliphatic rings. The maximum absolute atomic E-state index is 8.76. The molecule has 0 unspecified atom stereocenters. The molecule has 0 spiro atoms. The Morgan fingerprint density at radius 3 is 3.00 bits per heavy atom. The monoisotopic (exact) mass is 324 g/mol. The molecule has 2 aromatic rings. The lowest BCUT2D eigenvalue weighted by Crippen LogP contribution is -2.01. The second-order valence-corrected chi connectivity index (χ2v) is 5.22. The van der Waals surface area contributed by atoms with Crippen molar-refractivity contribution in [2.75, 3.05) is 11.9 Å². The fourth-order valence-corrected chi connectivity index (χ4v) is 1.96. The Bertz CT molecular complexity index is 541. The fourth-order valence-electron chi connectivity index (χ4n) is 1.71. The van der Waals surface area contributed by atoms with Crippen LogP contribution in [0.4, 0.5) is 5.69 Å².